The van der Waals surface area contributed by atoms with Crippen molar-refractivity contribution in [3.8, 4) is 0 Å². The minimum absolute atomic E-state index is 0.211. The molecule has 0 aromatic carbocycles. The first-order valence-electron chi connectivity index (χ1n) is 8.52. The summed E-state index contributed by atoms with van der Waals surface area (Å²) in [6.45, 7) is 9.85. The van der Waals surface area contributed by atoms with Crippen LogP contribution < -0.4 is 5.56 Å². The zero-order chi connectivity index (χ0) is 19.4. The van der Waals surface area contributed by atoms with Crippen LogP contribution in [-0.4, -0.2) is 34.7 Å². The van der Waals surface area contributed by atoms with Crippen LogP contribution in [0.2, 0.25) is 0 Å². The van der Waals surface area contributed by atoms with E-state index in [1.165, 1.54) is 10.9 Å². The van der Waals surface area contributed by atoms with Gasteiger partial charge in [0.15, 0.2) is 0 Å². The standard InChI is InChI=1S/C18H24N2O5S/c1-10(2)7-24-13(21)6-20-9-19-16-14(17(20)22)12(5)15(26-16)18(23)25-8-11(3)4/h9-11H,6-8H2,1-5H3. The van der Waals surface area contributed by atoms with E-state index in [-0.39, 0.29) is 23.9 Å². The smallest absolute Gasteiger partial charge is 0.348 e. The summed E-state index contributed by atoms with van der Waals surface area (Å²) in [5, 5.41) is 0.339. The molecule has 0 saturated heterocycles. The average Bonchev–Trinajstić information content (AvgIpc) is 2.91. The van der Waals surface area contributed by atoms with Gasteiger partial charge in [0.1, 0.15) is 16.3 Å². The van der Waals surface area contributed by atoms with Gasteiger partial charge in [0.25, 0.3) is 5.56 Å². The van der Waals surface area contributed by atoms with Gasteiger partial charge in [-0.2, -0.15) is 0 Å². The van der Waals surface area contributed by atoms with Crippen molar-refractivity contribution >= 4 is 33.5 Å². The van der Waals surface area contributed by atoms with E-state index in [0.717, 1.165) is 11.3 Å². The van der Waals surface area contributed by atoms with Crippen molar-refractivity contribution in [1.82, 2.24) is 9.55 Å². The number of hydrogen-bond donors (Lipinski definition) is 0. The van der Waals surface area contributed by atoms with Crippen molar-refractivity contribution in [2.24, 2.45) is 11.8 Å². The molecule has 0 saturated carbocycles. The molecule has 0 aliphatic carbocycles. The fraction of sp³-hybridized carbons (Fsp3) is 0.556. The fourth-order valence-electron chi connectivity index (χ4n) is 2.22. The molecule has 2 aromatic rings. The van der Waals surface area contributed by atoms with E-state index >= 15 is 0 Å². The van der Waals surface area contributed by atoms with E-state index in [1.54, 1.807) is 6.92 Å². The Bertz CT molecular complexity index is 866. The molecule has 2 aromatic heterocycles. The number of fused-ring (bicyclic) bond motifs is 1. The first-order valence-corrected chi connectivity index (χ1v) is 9.33. The predicted octanol–water partition coefficient (Wildman–Crippen LogP) is 2.78. The van der Waals surface area contributed by atoms with E-state index in [9.17, 15) is 14.4 Å². The number of esters is 2. The molecule has 0 atom stereocenters. The Morgan fingerprint density at radius 3 is 2.38 bits per heavy atom. The molecule has 0 aliphatic heterocycles. The molecule has 0 fully saturated rings. The van der Waals surface area contributed by atoms with Crippen molar-refractivity contribution in [3.05, 3.63) is 27.1 Å². The van der Waals surface area contributed by atoms with Gasteiger partial charge in [-0.1, -0.05) is 27.7 Å². The molecule has 0 aliphatic rings. The lowest BCUT2D eigenvalue weighted by Gasteiger charge is -2.08. The Kier molecular flexibility index (Phi) is 6.52. The quantitative estimate of drug-likeness (QED) is 0.687. The maximum Gasteiger partial charge on any atom is 0.348 e. The summed E-state index contributed by atoms with van der Waals surface area (Å²) in [5.74, 6) is -0.511. The largest absolute Gasteiger partial charge is 0.464 e. The Balaban J connectivity index is 2.28. The van der Waals surface area contributed by atoms with Gasteiger partial charge in [0, 0.05) is 0 Å². The lowest BCUT2D eigenvalue weighted by molar-refractivity contribution is -0.145. The number of carbonyl (C=O) groups is 2. The normalized spacial score (nSPS) is 11.3. The minimum Gasteiger partial charge on any atom is -0.464 e. The molecule has 0 radical (unpaired) electrons. The van der Waals surface area contributed by atoms with Crippen LogP contribution in [0.3, 0.4) is 0 Å². The third-order valence-electron chi connectivity index (χ3n) is 3.53. The fourth-order valence-corrected chi connectivity index (χ4v) is 3.25. The maximum absolute atomic E-state index is 12.7. The van der Waals surface area contributed by atoms with Gasteiger partial charge in [-0.15, -0.1) is 11.3 Å². The SMILES string of the molecule is Cc1c(C(=O)OCC(C)C)sc2ncn(CC(=O)OCC(C)C)c(=O)c12. The van der Waals surface area contributed by atoms with Crippen LogP contribution in [0.4, 0.5) is 0 Å². The highest BCUT2D eigenvalue weighted by Crippen LogP contribution is 2.27. The molecular formula is C18H24N2O5S. The van der Waals surface area contributed by atoms with Crippen molar-refractivity contribution in [2.45, 2.75) is 41.2 Å². The highest BCUT2D eigenvalue weighted by molar-refractivity contribution is 7.20. The number of aryl methyl sites for hydroxylation is 1. The molecule has 26 heavy (non-hydrogen) atoms. The average molecular weight is 380 g/mol. The Morgan fingerprint density at radius 1 is 1.15 bits per heavy atom. The Labute approximate surface area is 155 Å². The van der Waals surface area contributed by atoms with Gasteiger partial charge >= 0.3 is 11.9 Å². The zero-order valence-electron chi connectivity index (χ0n) is 15.7. The van der Waals surface area contributed by atoms with Gasteiger partial charge in [-0.05, 0) is 24.3 Å². The van der Waals surface area contributed by atoms with E-state index in [2.05, 4.69) is 4.98 Å². The number of aromatic nitrogens is 2. The summed E-state index contributed by atoms with van der Waals surface area (Å²) in [7, 11) is 0. The van der Waals surface area contributed by atoms with Crippen molar-refractivity contribution in [1.29, 1.82) is 0 Å². The van der Waals surface area contributed by atoms with Gasteiger partial charge in [0.05, 0.1) is 24.9 Å². The van der Waals surface area contributed by atoms with E-state index in [1.807, 2.05) is 27.7 Å². The molecule has 7 nitrogen and oxygen atoms in total. The van der Waals surface area contributed by atoms with Crippen LogP contribution in [0.5, 0.6) is 0 Å². The van der Waals surface area contributed by atoms with Gasteiger partial charge in [-0.3, -0.25) is 14.2 Å². The first kappa shape index (κ1) is 20.1. The monoisotopic (exact) mass is 380 g/mol. The third kappa shape index (κ3) is 4.69. The summed E-state index contributed by atoms with van der Waals surface area (Å²) < 4.78 is 11.6. The van der Waals surface area contributed by atoms with Crippen LogP contribution in [0.15, 0.2) is 11.1 Å². The number of nitrogens with zero attached hydrogens (tertiary/aromatic N) is 2. The third-order valence-corrected chi connectivity index (χ3v) is 4.71. The summed E-state index contributed by atoms with van der Waals surface area (Å²) in [5.41, 5.74) is 0.161. The van der Waals surface area contributed by atoms with Crippen LogP contribution >= 0.6 is 11.3 Å². The number of rotatable bonds is 7. The molecule has 0 spiro atoms. The highest BCUT2D eigenvalue weighted by Gasteiger charge is 2.21. The van der Waals surface area contributed by atoms with E-state index in [0.29, 0.717) is 33.9 Å². The number of thiophene rings is 1. The second kappa shape index (κ2) is 8.44. The maximum atomic E-state index is 12.7. The van der Waals surface area contributed by atoms with Crippen molar-refractivity contribution in [3.63, 3.8) is 0 Å². The van der Waals surface area contributed by atoms with Crippen molar-refractivity contribution in [2.75, 3.05) is 13.2 Å². The minimum atomic E-state index is -0.494. The lowest BCUT2D eigenvalue weighted by Crippen LogP contribution is -2.26. The van der Waals surface area contributed by atoms with Gasteiger partial charge in [-0.25, -0.2) is 9.78 Å². The number of ether oxygens (including phenoxy) is 2. The second-order valence-corrected chi connectivity index (χ2v) is 7.98. The van der Waals surface area contributed by atoms with Crippen LogP contribution in [0.25, 0.3) is 10.2 Å². The van der Waals surface area contributed by atoms with Gasteiger partial charge < -0.3 is 9.47 Å². The first-order chi connectivity index (χ1) is 12.2. The van der Waals surface area contributed by atoms with Crippen molar-refractivity contribution < 1.29 is 19.1 Å². The zero-order valence-corrected chi connectivity index (χ0v) is 16.5. The van der Waals surface area contributed by atoms with Gasteiger partial charge in [0.2, 0.25) is 0 Å². The summed E-state index contributed by atoms with van der Waals surface area (Å²) in [6.07, 6.45) is 1.31. The topological polar surface area (TPSA) is 87.5 Å². The lowest BCUT2D eigenvalue weighted by atomic mass is 10.2. The predicted molar refractivity (Wildman–Crippen MR) is 99.5 cm³/mol. The summed E-state index contributed by atoms with van der Waals surface area (Å²) in [6, 6.07) is 0. The molecule has 0 bridgehead atoms. The molecule has 0 amide bonds. The van der Waals surface area contributed by atoms with E-state index in [4.69, 9.17) is 9.47 Å². The van der Waals surface area contributed by atoms with Crippen LogP contribution in [0.1, 0.15) is 42.9 Å². The molecular weight excluding hydrogens is 356 g/mol. The van der Waals surface area contributed by atoms with E-state index < -0.39 is 11.9 Å². The molecule has 0 unspecified atom stereocenters. The molecule has 2 rings (SSSR count). The van der Waals surface area contributed by atoms with Crippen LogP contribution in [-0.2, 0) is 20.8 Å². The molecule has 0 N–H and O–H groups in total. The summed E-state index contributed by atoms with van der Waals surface area (Å²) >= 11 is 1.12. The Morgan fingerprint density at radius 2 is 1.77 bits per heavy atom. The number of carbonyl (C=O) groups excluding carboxylic acids is 2. The highest BCUT2D eigenvalue weighted by atomic mass is 32.1. The van der Waals surface area contributed by atoms with Crippen LogP contribution in [0, 0.1) is 18.8 Å². The molecule has 2 heterocycles. The number of hydrogen-bond acceptors (Lipinski definition) is 7. The Hall–Kier alpha value is -2.22. The second-order valence-electron chi connectivity index (χ2n) is 6.98. The molecule has 8 heteroatoms. The summed E-state index contributed by atoms with van der Waals surface area (Å²) in [4.78, 5) is 41.8. The molecule has 142 valence electrons.